The molecule has 0 unspecified atom stereocenters. The fourth-order valence-electron chi connectivity index (χ4n) is 2.58. The molecule has 7 heteroatoms. The number of nitrogens with zero attached hydrogens (tertiary/aromatic N) is 2. The number of rotatable bonds is 8. The Morgan fingerprint density at radius 3 is 2.81 bits per heavy atom. The molecular formula is C20H20FN3O3. The van der Waals surface area contributed by atoms with Crippen LogP contribution < -0.4 is 10.1 Å². The predicted molar refractivity (Wildman–Crippen MR) is 97.7 cm³/mol. The van der Waals surface area contributed by atoms with Crippen molar-refractivity contribution in [3.8, 4) is 17.2 Å². The van der Waals surface area contributed by atoms with Crippen LogP contribution in [0.3, 0.4) is 0 Å². The third-order valence-electron chi connectivity index (χ3n) is 4.01. The SMILES string of the molecule is COc1cccc(CCNC(=O)CCc2nnc(-c3ccccc3F)o2)c1. The number of hydrogen-bond donors (Lipinski definition) is 1. The van der Waals surface area contributed by atoms with Crippen molar-refractivity contribution < 1.29 is 18.3 Å². The highest BCUT2D eigenvalue weighted by molar-refractivity contribution is 5.76. The van der Waals surface area contributed by atoms with Gasteiger partial charge >= 0.3 is 0 Å². The van der Waals surface area contributed by atoms with Crippen LogP contribution in [0.2, 0.25) is 0 Å². The summed E-state index contributed by atoms with van der Waals surface area (Å²) in [4.78, 5) is 12.0. The van der Waals surface area contributed by atoms with Gasteiger partial charge in [-0.15, -0.1) is 10.2 Å². The first-order chi connectivity index (χ1) is 13.2. The first kappa shape index (κ1) is 18.6. The summed E-state index contributed by atoms with van der Waals surface area (Å²) in [5.74, 6) is 0.671. The van der Waals surface area contributed by atoms with Crippen LogP contribution in [-0.4, -0.2) is 29.8 Å². The third-order valence-corrected chi connectivity index (χ3v) is 4.01. The van der Waals surface area contributed by atoms with E-state index < -0.39 is 5.82 Å². The zero-order valence-electron chi connectivity index (χ0n) is 14.9. The van der Waals surface area contributed by atoms with E-state index in [-0.39, 0.29) is 23.8 Å². The van der Waals surface area contributed by atoms with E-state index in [1.165, 1.54) is 6.07 Å². The molecule has 0 aliphatic heterocycles. The molecule has 0 aliphatic rings. The van der Waals surface area contributed by atoms with Crippen LogP contribution in [0.25, 0.3) is 11.5 Å². The van der Waals surface area contributed by atoms with Crippen LogP contribution in [0.4, 0.5) is 4.39 Å². The molecule has 0 aliphatic carbocycles. The molecule has 3 aromatic rings. The second-order valence-corrected chi connectivity index (χ2v) is 5.93. The first-order valence-electron chi connectivity index (χ1n) is 8.62. The third kappa shape index (κ3) is 5.13. The molecule has 1 N–H and O–H groups in total. The predicted octanol–water partition coefficient (Wildman–Crippen LogP) is 3.18. The average molecular weight is 369 g/mol. The van der Waals surface area contributed by atoms with E-state index in [9.17, 15) is 9.18 Å². The van der Waals surface area contributed by atoms with Crippen molar-refractivity contribution in [2.45, 2.75) is 19.3 Å². The number of nitrogens with one attached hydrogen (secondary N) is 1. The van der Waals surface area contributed by atoms with Crippen molar-refractivity contribution in [2.24, 2.45) is 0 Å². The van der Waals surface area contributed by atoms with Gasteiger partial charge < -0.3 is 14.5 Å². The minimum atomic E-state index is -0.428. The van der Waals surface area contributed by atoms with E-state index >= 15 is 0 Å². The Hall–Kier alpha value is -3.22. The van der Waals surface area contributed by atoms with Gasteiger partial charge in [0.15, 0.2) is 0 Å². The van der Waals surface area contributed by atoms with E-state index in [4.69, 9.17) is 9.15 Å². The molecule has 0 bridgehead atoms. The van der Waals surface area contributed by atoms with E-state index in [2.05, 4.69) is 15.5 Å². The van der Waals surface area contributed by atoms with Crippen molar-refractivity contribution in [2.75, 3.05) is 13.7 Å². The second kappa shape index (κ2) is 8.93. The number of amides is 1. The Morgan fingerprint density at radius 2 is 2.00 bits per heavy atom. The average Bonchev–Trinajstić information content (AvgIpc) is 3.16. The van der Waals surface area contributed by atoms with Gasteiger partial charge in [-0.1, -0.05) is 24.3 Å². The molecule has 1 aromatic heterocycles. The Bertz CT molecular complexity index is 911. The van der Waals surface area contributed by atoms with Crippen molar-refractivity contribution in [1.29, 1.82) is 0 Å². The van der Waals surface area contributed by atoms with Crippen LogP contribution in [-0.2, 0) is 17.6 Å². The number of ether oxygens (including phenoxy) is 1. The summed E-state index contributed by atoms with van der Waals surface area (Å²) < 4.78 is 24.3. The number of aryl methyl sites for hydroxylation is 1. The van der Waals surface area contributed by atoms with Gasteiger partial charge in [0.05, 0.1) is 12.7 Å². The minimum Gasteiger partial charge on any atom is -0.497 e. The normalized spacial score (nSPS) is 10.6. The highest BCUT2D eigenvalue weighted by Gasteiger charge is 2.13. The molecule has 0 spiro atoms. The van der Waals surface area contributed by atoms with Crippen LogP contribution in [0.5, 0.6) is 5.75 Å². The Labute approximate surface area is 156 Å². The van der Waals surface area contributed by atoms with Gasteiger partial charge in [0, 0.05) is 19.4 Å². The molecule has 1 heterocycles. The molecule has 0 radical (unpaired) electrons. The van der Waals surface area contributed by atoms with E-state index in [1.807, 2.05) is 24.3 Å². The molecule has 6 nitrogen and oxygen atoms in total. The van der Waals surface area contributed by atoms with Crippen LogP contribution in [0, 0.1) is 5.82 Å². The van der Waals surface area contributed by atoms with Gasteiger partial charge in [0.2, 0.25) is 11.8 Å². The quantitative estimate of drug-likeness (QED) is 0.660. The summed E-state index contributed by atoms with van der Waals surface area (Å²) >= 11 is 0. The molecule has 27 heavy (non-hydrogen) atoms. The maximum atomic E-state index is 13.7. The standard InChI is InChI=1S/C20H20FN3O3/c1-26-15-6-4-5-14(13-15)11-12-22-18(25)9-10-19-23-24-20(27-19)16-7-2-3-8-17(16)21/h2-8,13H,9-12H2,1H3,(H,22,25). The maximum absolute atomic E-state index is 13.7. The molecule has 0 saturated carbocycles. The lowest BCUT2D eigenvalue weighted by atomic mass is 10.1. The highest BCUT2D eigenvalue weighted by atomic mass is 19.1. The van der Waals surface area contributed by atoms with Crippen LogP contribution in [0.15, 0.2) is 52.9 Å². The lowest BCUT2D eigenvalue weighted by molar-refractivity contribution is -0.121. The van der Waals surface area contributed by atoms with Crippen molar-refractivity contribution in [3.05, 3.63) is 65.8 Å². The number of methoxy groups -OCH3 is 1. The Balaban J connectivity index is 1.45. The topological polar surface area (TPSA) is 77.2 Å². The Kier molecular flexibility index (Phi) is 6.14. The summed E-state index contributed by atoms with van der Waals surface area (Å²) in [6.45, 7) is 0.524. The van der Waals surface area contributed by atoms with Gasteiger partial charge in [-0.25, -0.2) is 4.39 Å². The largest absolute Gasteiger partial charge is 0.497 e. The van der Waals surface area contributed by atoms with Crippen molar-refractivity contribution in [3.63, 3.8) is 0 Å². The summed E-state index contributed by atoms with van der Waals surface area (Å²) in [7, 11) is 1.62. The van der Waals surface area contributed by atoms with Gasteiger partial charge in [0.1, 0.15) is 11.6 Å². The molecule has 0 fully saturated rings. The fourth-order valence-corrected chi connectivity index (χ4v) is 2.58. The summed E-state index contributed by atoms with van der Waals surface area (Å²) in [6, 6.07) is 13.9. The van der Waals surface area contributed by atoms with Crippen molar-refractivity contribution in [1.82, 2.24) is 15.5 Å². The van der Waals surface area contributed by atoms with E-state index in [1.54, 1.807) is 25.3 Å². The summed E-state index contributed by atoms with van der Waals surface area (Å²) in [6.07, 6.45) is 1.23. The highest BCUT2D eigenvalue weighted by Crippen LogP contribution is 2.21. The molecule has 140 valence electrons. The lowest BCUT2D eigenvalue weighted by Gasteiger charge is -2.06. The number of halogens is 1. The van der Waals surface area contributed by atoms with Crippen LogP contribution >= 0.6 is 0 Å². The van der Waals surface area contributed by atoms with E-state index in [0.717, 1.165) is 11.3 Å². The molecule has 3 rings (SSSR count). The zero-order valence-corrected chi connectivity index (χ0v) is 14.9. The van der Waals surface area contributed by atoms with E-state index in [0.29, 0.717) is 25.3 Å². The van der Waals surface area contributed by atoms with Gasteiger partial charge in [0.25, 0.3) is 5.89 Å². The number of benzene rings is 2. The number of aromatic nitrogens is 2. The monoisotopic (exact) mass is 369 g/mol. The number of carbonyl (C=O) groups excluding carboxylic acids is 1. The smallest absolute Gasteiger partial charge is 0.250 e. The van der Waals surface area contributed by atoms with Crippen molar-refractivity contribution >= 4 is 5.91 Å². The Morgan fingerprint density at radius 1 is 1.15 bits per heavy atom. The number of carbonyl (C=O) groups is 1. The van der Waals surface area contributed by atoms with Gasteiger partial charge in [-0.3, -0.25) is 4.79 Å². The molecule has 0 atom stereocenters. The lowest BCUT2D eigenvalue weighted by Crippen LogP contribution is -2.25. The van der Waals surface area contributed by atoms with Gasteiger partial charge in [-0.2, -0.15) is 0 Å². The maximum Gasteiger partial charge on any atom is 0.250 e. The first-order valence-corrected chi connectivity index (χ1v) is 8.62. The molecule has 2 aromatic carbocycles. The molecule has 0 saturated heterocycles. The van der Waals surface area contributed by atoms with Crippen LogP contribution in [0.1, 0.15) is 17.9 Å². The molecule has 1 amide bonds. The summed E-state index contributed by atoms with van der Waals surface area (Å²) in [5, 5.41) is 10.6. The minimum absolute atomic E-state index is 0.108. The number of hydrogen-bond acceptors (Lipinski definition) is 5. The molecular weight excluding hydrogens is 349 g/mol. The second-order valence-electron chi connectivity index (χ2n) is 5.93. The van der Waals surface area contributed by atoms with Gasteiger partial charge in [-0.05, 0) is 36.2 Å². The zero-order chi connectivity index (χ0) is 19.1. The summed E-state index contributed by atoms with van der Waals surface area (Å²) in [5.41, 5.74) is 1.33. The fraction of sp³-hybridized carbons (Fsp3) is 0.250.